The van der Waals surface area contributed by atoms with Crippen LogP contribution in [0, 0.1) is 0 Å². The molecule has 19 heavy (non-hydrogen) atoms. The van der Waals surface area contributed by atoms with Crippen LogP contribution >= 0.6 is 11.6 Å². The molecule has 2 unspecified atom stereocenters. The number of aryl methyl sites for hydroxylation is 1. The van der Waals surface area contributed by atoms with E-state index in [2.05, 4.69) is 5.10 Å². The third kappa shape index (κ3) is 3.80. The van der Waals surface area contributed by atoms with Crippen molar-refractivity contribution in [3.8, 4) is 0 Å². The largest absolute Gasteiger partial charge is 0.367 e. The van der Waals surface area contributed by atoms with Crippen molar-refractivity contribution in [2.75, 3.05) is 0 Å². The molecule has 2 aromatic rings. The summed E-state index contributed by atoms with van der Waals surface area (Å²) in [5.41, 5.74) is 8.04. The summed E-state index contributed by atoms with van der Waals surface area (Å²) in [4.78, 5) is 0. The number of halogens is 1. The van der Waals surface area contributed by atoms with E-state index in [1.807, 2.05) is 44.4 Å². The normalized spacial score (nSPS) is 14.3. The first kappa shape index (κ1) is 14.1. The van der Waals surface area contributed by atoms with Gasteiger partial charge in [-0.2, -0.15) is 5.10 Å². The number of hydrogen-bond acceptors (Lipinski definition) is 3. The smallest absolute Gasteiger partial charge is 0.101 e. The van der Waals surface area contributed by atoms with Crippen molar-refractivity contribution < 1.29 is 4.74 Å². The Hall–Kier alpha value is -1.36. The summed E-state index contributed by atoms with van der Waals surface area (Å²) in [6.07, 6.45) is 3.55. The number of ether oxygens (including phenoxy) is 1. The fraction of sp³-hybridized carbons (Fsp3) is 0.357. The van der Waals surface area contributed by atoms with Gasteiger partial charge in [0.25, 0.3) is 0 Å². The van der Waals surface area contributed by atoms with Crippen LogP contribution in [0.1, 0.15) is 24.2 Å². The highest BCUT2D eigenvalue weighted by atomic mass is 35.5. The van der Waals surface area contributed by atoms with Crippen LogP contribution < -0.4 is 5.73 Å². The summed E-state index contributed by atoms with van der Waals surface area (Å²) in [7, 11) is 1.88. The highest BCUT2D eigenvalue weighted by molar-refractivity contribution is 6.30. The quantitative estimate of drug-likeness (QED) is 0.915. The van der Waals surface area contributed by atoms with Crippen LogP contribution in [-0.2, 0) is 18.4 Å². The molecule has 2 atom stereocenters. The predicted octanol–water partition coefficient (Wildman–Crippen LogP) is 2.68. The maximum Gasteiger partial charge on any atom is 0.101 e. The van der Waals surface area contributed by atoms with Crippen molar-refractivity contribution in [1.82, 2.24) is 9.78 Å². The molecule has 0 fully saturated rings. The van der Waals surface area contributed by atoms with Gasteiger partial charge in [0.05, 0.1) is 12.8 Å². The molecule has 0 aliphatic heterocycles. The van der Waals surface area contributed by atoms with E-state index in [1.165, 1.54) is 0 Å². The van der Waals surface area contributed by atoms with Crippen LogP contribution in [0.3, 0.4) is 0 Å². The second-order valence-electron chi connectivity index (χ2n) is 4.66. The Balaban J connectivity index is 2.03. The van der Waals surface area contributed by atoms with Crippen molar-refractivity contribution in [3.63, 3.8) is 0 Å². The molecule has 0 aliphatic rings. The Morgan fingerprint density at radius 2 is 2.05 bits per heavy atom. The van der Waals surface area contributed by atoms with Gasteiger partial charge in [-0.25, -0.2) is 0 Å². The van der Waals surface area contributed by atoms with Crippen molar-refractivity contribution >= 4 is 11.6 Å². The summed E-state index contributed by atoms with van der Waals surface area (Å²) in [5, 5.41) is 4.87. The van der Waals surface area contributed by atoms with Gasteiger partial charge >= 0.3 is 0 Å². The number of hydrogen-bond donors (Lipinski definition) is 1. The minimum Gasteiger partial charge on any atom is -0.367 e. The molecule has 4 nitrogen and oxygen atoms in total. The summed E-state index contributed by atoms with van der Waals surface area (Å²) >= 11 is 5.85. The van der Waals surface area contributed by atoms with Gasteiger partial charge in [0.2, 0.25) is 0 Å². The molecule has 102 valence electrons. The van der Waals surface area contributed by atoms with E-state index in [-0.39, 0.29) is 12.1 Å². The van der Waals surface area contributed by atoms with Gasteiger partial charge in [0.15, 0.2) is 0 Å². The van der Waals surface area contributed by atoms with Crippen molar-refractivity contribution in [1.29, 1.82) is 0 Å². The van der Waals surface area contributed by atoms with E-state index in [1.54, 1.807) is 10.9 Å². The summed E-state index contributed by atoms with van der Waals surface area (Å²) in [5.74, 6) is 0. The van der Waals surface area contributed by atoms with Gasteiger partial charge in [-0.3, -0.25) is 4.68 Å². The Kier molecular flexibility index (Phi) is 4.58. The first-order valence-electron chi connectivity index (χ1n) is 6.16. The standard InChI is InChI=1S/C14H18ClN3O/c1-10(16)14(12-7-17-18(2)8-12)19-9-11-3-5-13(15)6-4-11/h3-8,10,14H,9,16H2,1-2H3. The second kappa shape index (κ2) is 6.19. The number of nitrogens with zero attached hydrogens (tertiary/aromatic N) is 2. The first-order chi connectivity index (χ1) is 9.06. The summed E-state index contributed by atoms with van der Waals surface area (Å²) in [6.45, 7) is 2.43. The molecule has 0 saturated carbocycles. The molecule has 1 heterocycles. The summed E-state index contributed by atoms with van der Waals surface area (Å²) in [6, 6.07) is 7.50. The minimum atomic E-state index is -0.163. The van der Waals surface area contributed by atoms with E-state index < -0.39 is 0 Å². The molecule has 0 radical (unpaired) electrons. The molecule has 1 aromatic carbocycles. The maximum atomic E-state index is 5.98. The predicted molar refractivity (Wildman–Crippen MR) is 75.8 cm³/mol. The zero-order valence-electron chi connectivity index (χ0n) is 11.1. The molecule has 0 spiro atoms. The molecule has 1 aromatic heterocycles. The highest BCUT2D eigenvalue weighted by Crippen LogP contribution is 2.21. The number of benzene rings is 1. The molecular formula is C14H18ClN3O. The van der Waals surface area contributed by atoms with Crippen molar-refractivity contribution in [2.24, 2.45) is 12.8 Å². The monoisotopic (exact) mass is 279 g/mol. The Labute approximate surface area is 118 Å². The molecule has 5 heteroatoms. The van der Waals surface area contributed by atoms with Crippen LogP contribution in [0.15, 0.2) is 36.7 Å². The number of rotatable bonds is 5. The van der Waals surface area contributed by atoms with Crippen molar-refractivity contribution in [2.45, 2.75) is 25.7 Å². The van der Waals surface area contributed by atoms with E-state index in [0.29, 0.717) is 6.61 Å². The Morgan fingerprint density at radius 1 is 1.37 bits per heavy atom. The topological polar surface area (TPSA) is 53.1 Å². The molecule has 2 N–H and O–H groups in total. The van der Waals surface area contributed by atoms with E-state index >= 15 is 0 Å². The third-order valence-corrected chi connectivity index (χ3v) is 3.13. The highest BCUT2D eigenvalue weighted by Gasteiger charge is 2.18. The van der Waals surface area contributed by atoms with Crippen molar-refractivity contribution in [3.05, 3.63) is 52.8 Å². The maximum absolute atomic E-state index is 5.98. The van der Waals surface area contributed by atoms with Crippen LogP contribution in [-0.4, -0.2) is 15.8 Å². The molecule has 0 amide bonds. The third-order valence-electron chi connectivity index (χ3n) is 2.87. The van der Waals surface area contributed by atoms with Crippen LogP contribution in [0.25, 0.3) is 0 Å². The molecule has 0 aliphatic carbocycles. The van der Waals surface area contributed by atoms with Crippen LogP contribution in [0.4, 0.5) is 0 Å². The van der Waals surface area contributed by atoms with Gasteiger partial charge in [-0.05, 0) is 24.6 Å². The molecule has 0 saturated heterocycles. The van der Waals surface area contributed by atoms with Gasteiger partial charge in [0.1, 0.15) is 6.10 Å². The summed E-state index contributed by atoms with van der Waals surface area (Å²) < 4.78 is 7.65. The van der Waals surface area contributed by atoms with E-state index in [4.69, 9.17) is 22.1 Å². The Bertz CT molecular complexity index is 522. The molecule has 2 rings (SSSR count). The van der Waals surface area contributed by atoms with Gasteiger partial charge in [0, 0.05) is 29.9 Å². The van der Waals surface area contributed by atoms with Gasteiger partial charge < -0.3 is 10.5 Å². The number of aromatic nitrogens is 2. The SMILES string of the molecule is CC(N)C(OCc1ccc(Cl)cc1)c1cnn(C)c1. The lowest BCUT2D eigenvalue weighted by Crippen LogP contribution is -2.26. The zero-order valence-corrected chi connectivity index (χ0v) is 11.8. The minimum absolute atomic E-state index is 0.100. The molecule has 0 bridgehead atoms. The zero-order chi connectivity index (χ0) is 13.8. The fourth-order valence-electron chi connectivity index (χ4n) is 1.91. The molecular weight excluding hydrogens is 262 g/mol. The van der Waals surface area contributed by atoms with Crippen LogP contribution in [0.2, 0.25) is 5.02 Å². The van der Waals surface area contributed by atoms with Gasteiger partial charge in [-0.1, -0.05) is 23.7 Å². The lowest BCUT2D eigenvalue weighted by Gasteiger charge is -2.20. The van der Waals surface area contributed by atoms with E-state index in [9.17, 15) is 0 Å². The Morgan fingerprint density at radius 3 is 2.58 bits per heavy atom. The van der Waals surface area contributed by atoms with E-state index in [0.717, 1.165) is 16.1 Å². The van der Waals surface area contributed by atoms with Crippen LogP contribution in [0.5, 0.6) is 0 Å². The lowest BCUT2D eigenvalue weighted by atomic mass is 10.1. The number of nitrogens with two attached hydrogens (primary N) is 1. The fourth-order valence-corrected chi connectivity index (χ4v) is 2.03. The first-order valence-corrected chi connectivity index (χ1v) is 6.54. The lowest BCUT2D eigenvalue weighted by molar-refractivity contribution is 0.0258. The second-order valence-corrected chi connectivity index (χ2v) is 5.10. The average Bonchev–Trinajstić information content (AvgIpc) is 2.78. The average molecular weight is 280 g/mol. The van der Waals surface area contributed by atoms with Gasteiger partial charge in [-0.15, -0.1) is 0 Å².